The second kappa shape index (κ2) is 7.14. The molecule has 0 saturated heterocycles. The molecule has 1 heterocycles. The van der Waals surface area contributed by atoms with Crippen molar-refractivity contribution in [1.82, 2.24) is 9.78 Å². The van der Waals surface area contributed by atoms with Crippen LogP contribution in [-0.4, -0.2) is 15.7 Å². The van der Waals surface area contributed by atoms with Crippen LogP contribution in [0, 0.1) is 3.57 Å². The normalized spacial score (nSPS) is 10.5. The summed E-state index contributed by atoms with van der Waals surface area (Å²) in [5.41, 5.74) is 1.70. The number of benzene rings is 2. The Labute approximate surface area is 152 Å². The number of halogens is 2. The number of aromatic nitrogens is 2. The van der Waals surface area contributed by atoms with Crippen LogP contribution in [0.25, 0.3) is 0 Å². The minimum atomic E-state index is -0.180. The van der Waals surface area contributed by atoms with Crippen LogP contribution in [0.4, 0.5) is 5.82 Å². The summed E-state index contributed by atoms with van der Waals surface area (Å²) < 4.78 is 2.57. The van der Waals surface area contributed by atoms with Crippen molar-refractivity contribution in [3.63, 3.8) is 0 Å². The molecule has 2 aromatic carbocycles. The molecule has 0 radical (unpaired) electrons. The Morgan fingerprint density at radius 2 is 1.96 bits per heavy atom. The van der Waals surface area contributed by atoms with E-state index in [1.807, 2.05) is 30.3 Å². The fourth-order valence-corrected chi connectivity index (χ4v) is 3.29. The van der Waals surface area contributed by atoms with Crippen LogP contribution in [0.15, 0.2) is 60.8 Å². The molecule has 0 bridgehead atoms. The van der Waals surface area contributed by atoms with E-state index in [1.54, 1.807) is 35.1 Å². The Morgan fingerprint density at radius 1 is 1.17 bits per heavy atom. The third-order valence-corrected chi connectivity index (χ3v) is 4.44. The van der Waals surface area contributed by atoms with Gasteiger partial charge < -0.3 is 5.32 Å². The van der Waals surface area contributed by atoms with E-state index < -0.39 is 0 Å². The van der Waals surface area contributed by atoms with Crippen molar-refractivity contribution in [2.24, 2.45) is 0 Å². The van der Waals surface area contributed by atoms with Gasteiger partial charge in [0.25, 0.3) is 5.91 Å². The van der Waals surface area contributed by atoms with Crippen molar-refractivity contribution in [2.75, 3.05) is 5.32 Å². The third kappa shape index (κ3) is 3.92. The molecule has 1 amide bonds. The lowest BCUT2D eigenvalue weighted by molar-refractivity contribution is 0.102. The Hall–Kier alpha value is -1.86. The maximum absolute atomic E-state index is 12.4. The Balaban J connectivity index is 1.78. The van der Waals surface area contributed by atoms with E-state index in [0.717, 1.165) is 9.13 Å². The van der Waals surface area contributed by atoms with Crippen LogP contribution in [0.3, 0.4) is 0 Å². The van der Waals surface area contributed by atoms with E-state index in [-0.39, 0.29) is 5.91 Å². The fraction of sp³-hybridized carbons (Fsp3) is 0.0588. The average molecular weight is 438 g/mol. The summed E-state index contributed by atoms with van der Waals surface area (Å²) in [5.74, 6) is 0.477. The van der Waals surface area contributed by atoms with Crippen molar-refractivity contribution < 1.29 is 4.79 Å². The molecule has 0 aliphatic carbocycles. The molecular formula is C17H13ClIN3O. The lowest BCUT2D eigenvalue weighted by Crippen LogP contribution is -2.17. The number of nitrogens with zero attached hydrogens (tertiary/aromatic N) is 2. The lowest BCUT2D eigenvalue weighted by Gasteiger charge is -2.10. The molecule has 0 aliphatic rings. The SMILES string of the molecule is O=C(Nc1ccnn1Cc1ccccc1)c1ccc(Cl)cc1I. The van der Waals surface area contributed by atoms with Gasteiger partial charge >= 0.3 is 0 Å². The van der Waals surface area contributed by atoms with E-state index in [1.165, 1.54) is 0 Å². The Kier molecular flexibility index (Phi) is 4.97. The van der Waals surface area contributed by atoms with Gasteiger partial charge in [-0.05, 0) is 46.4 Å². The van der Waals surface area contributed by atoms with Crippen molar-refractivity contribution in [3.05, 3.63) is 80.5 Å². The summed E-state index contributed by atoms with van der Waals surface area (Å²) in [6.45, 7) is 0.598. The summed E-state index contributed by atoms with van der Waals surface area (Å²) in [4.78, 5) is 12.4. The fourth-order valence-electron chi connectivity index (χ4n) is 2.18. The molecule has 1 aromatic heterocycles. The lowest BCUT2D eigenvalue weighted by atomic mass is 10.2. The highest BCUT2D eigenvalue weighted by atomic mass is 127. The maximum Gasteiger partial charge on any atom is 0.257 e. The highest BCUT2D eigenvalue weighted by Crippen LogP contribution is 2.19. The predicted octanol–water partition coefficient (Wildman–Crippen LogP) is 4.44. The van der Waals surface area contributed by atoms with Crippen LogP contribution >= 0.6 is 34.2 Å². The first-order chi connectivity index (χ1) is 11.1. The van der Waals surface area contributed by atoms with Gasteiger partial charge in [-0.3, -0.25) is 4.79 Å². The van der Waals surface area contributed by atoms with Crippen LogP contribution in [0.5, 0.6) is 0 Å². The van der Waals surface area contributed by atoms with E-state index in [2.05, 4.69) is 33.0 Å². The standard InChI is InChI=1S/C17H13ClIN3O/c18-13-6-7-14(15(19)10-13)17(23)21-16-8-9-20-22(16)11-12-4-2-1-3-5-12/h1-10H,11H2,(H,21,23). The number of hydrogen-bond acceptors (Lipinski definition) is 2. The first kappa shape index (κ1) is 16.0. The molecule has 116 valence electrons. The van der Waals surface area contributed by atoms with E-state index in [4.69, 9.17) is 11.6 Å². The second-order valence-corrected chi connectivity index (χ2v) is 6.54. The van der Waals surface area contributed by atoms with Crippen molar-refractivity contribution >= 4 is 45.9 Å². The number of carbonyl (C=O) groups is 1. The molecule has 6 heteroatoms. The van der Waals surface area contributed by atoms with E-state index >= 15 is 0 Å². The number of hydrogen-bond donors (Lipinski definition) is 1. The van der Waals surface area contributed by atoms with Gasteiger partial charge in [-0.15, -0.1) is 0 Å². The van der Waals surface area contributed by atoms with Crippen molar-refractivity contribution in [2.45, 2.75) is 6.54 Å². The smallest absolute Gasteiger partial charge is 0.257 e. The average Bonchev–Trinajstić information content (AvgIpc) is 2.95. The number of nitrogens with one attached hydrogen (secondary N) is 1. The van der Waals surface area contributed by atoms with Gasteiger partial charge in [0.2, 0.25) is 0 Å². The van der Waals surface area contributed by atoms with Crippen LogP contribution in [-0.2, 0) is 6.54 Å². The molecule has 0 atom stereocenters. The minimum Gasteiger partial charge on any atom is -0.307 e. The zero-order chi connectivity index (χ0) is 16.2. The molecule has 4 nitrogen and oxygen atoms in total. The van der Waals surface area contributed by atoms with Gasteiger partial charge in [0, 0.05) is 14.7 Å². The predicted molar refractivity (Wildman–Crippen MR) is 99.9 cm³/mol. The highest BCUT2D eigenvalue weighted by Gasteiger charge is 2.13. The Bertz CT molecular complexity index is 833. The summed E-state index contributed by atoms with van der Waals surface area (Å²) >= 11 is 8.03. The van der Waals surface area contributed by atoms with Gasteiger partial charge in [0.05, 0.1) is 18.3 Å². The molecule has 0 aliphatic heterocycles. The second-order valence-electron chi connectivity index (χ2n) is 4.94. The molecule has 0 spiro atoms. The number of rotatable bonds is 4. The zero-order valence-corrected chi connectivity index (χ0v) is 15.0. The molecule has 3 rings (SSSR count). The topological polar surface area (TPSA) is 46.9 Å². The minimum absolute atomic E-state index is 0.180. The number of amides is 1. The Morgan fingerprint density at radius 3 is 2.70 bits per heavy atom. The zero-order valence-electron chi connectivity index (χ0n) is 12.0. The maximum atomic E-state index is 12.4. The van der Waals surface area contributed by atoms with Crippen LogP contribution in [0.2, 0.25) is 5.02 Å². The van der Waals surface area contributed by atoms with Gasteiger partial charge in [0.15, 0.2) is 0 Å². The van der Waals surface area contributed by atoms with E-state index in [9.17, 15) is 4.79 Å². The largest absolute Gasteiger partial charge is 0.307 e. The van der Waals surface area contributed by atoms with Crippen molar-refractivity contribution in [3.8, 4) is 0 Å². The highest BCUT2D eigenvalue weighted by molar-refractivity contribution is 14.1. The monoisotopic (exact) mass is 437 g/mol. The van der Waals surface area contributed by atoms with Gasteiger partial charge in [-0.2, -0.15) is 5.10 Å². The molecule has 0 saturated carbocycles. The van der Waals surface area contributed by atoms with Crippen LogP contribution in [0.1, 0.15) is 15.9 Å². The third-order valence-electron chi connectivity index (χ3n) is 3.31. The van der Waals surface area contributed by atoms with Gasteiger partial charge in [-0.25, -0.2) is 4.68 Å². The molecule has 23 heavy (non-hydrogen) atoms. The summed E-state index contributed by atoms with van der Waals surface area (Å²) in [6.07, 6.45) is 1.67. The molecular weight excluding hydrogens is 425 g/mol. The first-order valence-electron chi connectivity index (χ1n) is 6.95. The molecule has 0 unspecified atom stereocenters. The summed E-state index contributed by atoms with van der Waals surface area (Å²) in [7, 11) is 0. The molecule has 0 fully saturated rings. The quantitative estimate of drug-likeness (QED) is 0.613. The van der Waals surface area contributed by atoms with E-state index in [0.29, 0.717) is 22.9 Å². The first-order valence-corrected chi connectivity index (χ1v) is 8.41. The van der Waals surface area contributed by atoms with Crippen molar-refractivity contribution in [1.29, 1.82) is 0 Å². The number of carbonyl (C=O) groups excluding carboxylic acids is 1. The van der Waals surface area contributed by atoms with Gasteiger partial charge in [0.1, 0.15) is 5.82 Å². The molecule has 1 N–H and O–H groups in total. The van der Waals surface area contributed by atoms with Crippen LogP contribution < -0.4 is 5.32 Å². The van der Waals surface area contributed by atoms with Gasteiger partial charge in [-0.1, -0.05) is 41.9 Å². The number of anilines is 1. The summed E-state index contributed by atoms with van der Waals surface area (Å²) in [6, 6.07) is 16.9. The summed E-state index contributed by atoms with van der Waals surface area (Å²) in [5, 5.41) is 7.79. The molecule has 3 aromatic rings.